The Bertz CT molecular complexity index is 1330. The van der Waals surface area contributed by atoms with Crippen molar-refractivity contribution in [3.8, 4) is 6.07 Å². The number of amides is 1. The zero-order valence-corrected chi connectivity index (χ0v) is 18.1. The minimum atomic E-state index is -0.776. The van der Waals surface area contributed by atoms with E-state index in [0.29, 0.717) is 36.3 Å². The smallest absolute Gasteiger partial charge is 0.338 e. The third kappa shape index (κ3) is 3.82. The highest BCUT2D eigenvalue weighted by Gasteiger charge is 2.29. The number of carbonyl (C=O) groups excluding carboxylic acids is 2. The van der Waals surface area contributed by atoms with Crippen molar-refractivity contribution in [3.05, 3.63) is 70.4 Å². The van der Waals surface area contributed by atoms with E-state index in [1.165, 1.54) is 0 Å². The lowest BCUT2D eigenvalue weighted by Gasteiger charge is -2.35. The maximum absolute atomic E-state index is 12.9. The van der Waals surface area contributed by atoms with Gasteiger partial charge in [-0.25, -0.2) is 4.79 Å². The van der Waals surface area contributed by atoms with Crippen LogP contribution in [0.5, 0.6) is 0 Å². The second kappa shape index (κ2) is 8.28. The molecule has 1 amide bonds. The summed E-state index contributed by atoms with van der Waals surface area (Å²) < 4.78 is 5.09. The van der Waals surface area contributed by atoms with E-state index in [4.69, 9.17) is 10.00 Å². The Labute approximate surface area is 190 Å². The van der Waals surface area contributed by atoms with Gasteiger partial charge in [0.05, 0.1) is 47.2 Å². The van der Waals surface area contributed by atoms with Crippen LogP contribution in [0.2, 0.25) is 0 Å². The summed E-state index contributed by atoms with van der Waals surface area (Å²) in [7, 11) is 0. The lowest BCUT2D eigenvalue weighted by Crippen LogP contribution is -2.51. The topological polar surface area (TPSA) is 107 Å². The number of rotatable bonds is 4. The number of pyridine rings is 1. The summed E-state index contributed by atoms with van der Waals surface area (Å²) in [6, 6.07) is 12.8. The van der Waals surface area contributed by atoms with Gasteiger partial charge in [-0.3, -0.25) is 14.7 Å². The van der Waals surface area contributed by atoms with Crippen molar-refractivity contribution in [2.75, 3.05) is 31.1 Å². The van der Waals surface area contributed by atoms with Gasteiger partial charge in [0.1, 0.15) is 6.61 Å². The van der Waals surface area contributed by atoms with Gasteiger partial charge < -0.3 is 14.7 Å². The number of ether oxygens (including phenoxy) is 1. The van der Waals surface area contributed by atoms with Crippen LogP contribution in [0.1, 0.15) is 38.7 Å². The molecule has 0 unspecified atom stereocenters. The van der Waals surface area contributed by atoms with Crippen molar-refractivity contribution in [1.82, 2.24) is 9.88 Å². The molecule has 1 saturated heterocycles. The van der Waals surface area contributed by atoms with Gasteiger partial charge in [-0.05, 0) is 42.3 Å². The minimum absolute atomic E-state index is 0.0621. The molecule has 0 radical (unpaired) electrons. The van der Waals surface area contributed by atoms with Crippen LogP contribution < -0.4 is 4.90 Å². The summed E-state index contributed by atoms with van der Waals surface area (Å²) in [6.45, 7) is 3.72. The first kappa shape index (κ1) is 21.1. The van der Waals surface area contributed by atoms with Gasteiger partial charge in [-0.15, -0.1) is 0 Å². The van der Waals surface area contributed by atoms with E-state index in [1.54, 1.807) is 35.4 Å². The third-order valence-electron chi connectivity index (χ3n) is 6.41. The van der Waals surface area contributed by atoms with Gasteiger partial charge in [0.25, 0.3) is 0 Å². The summed E-state index contributed by atoms with van der Waals surface area (Å²) in [5, 5.41) is 20.8. The molecule has 2 aliphatic rings. The van der Waals surface area contributed by atoms with Gasteiger partial charge >= 0.3 is 5.97 Å². The third-order valence-corrected chi connectivity index (χ3v) is 6.41. The number of aliphatic hydroxyl groups excluding tert-OH is 1. The summed E-state index contributed by atoms with van der Waals surface area (Å²) in [4.78, 5) is 32.7. The fraction of sp³-hybridized carbons (Fsp3) is 0.280. The quantitative estimate of drug-likeness (QED) is 0.619. The Morgan fingerprint density at radius 1 is 1.21 bits per heavy atom. The number of hydrogen-bond donors (Lipinski definition) is 1. The Balaban J connectivity index is 1.27. The molecule has 8 heteroatoms. The molecule has 2 aromatic carbocycles. The normalized spacial score (nSPS) is 17.1. The molecule has 2 aliphatic heterocycles. The highest BCUT2D eigenvalue weighted by atomic mass is 16.5. The second-order valence-corrected chi connectivity index (χ2v) is 8.39. The van der Waals surface area contributed by atoms with Gasteiger partial charge in [0.2, 0.25) is 5.91 Å². The van der Waals surface area contributed by atoms with Crippen LogP contribution in [-0.2, 0) is 16.1 Å². The standard InChI is InChI=1S/C25H22N4O4/c1-15-19(4-5-20-21(15)14-33-25(20)32)23(30)12-28-6-7-29(24(31)13-28)18-9-17-3-2-16(10-26)8-22(17)27-11-18/h2-5,8-9,11,23,30H,6-7,12-14H2,1H3/t23-/m0/s1. The molecule has 1 fully saturated rings. The number of cyclic esters (lactones) is 1. The largest absolute Gasteiger partial charge is 0.457 e. The van der Waals surface area contributed by atoms with Crippen LogP contribution in [0, 0.1) is 18.3 Å². The monoisotopic (exact) mass is 442 g/mol. The number of nitriles is 1. The zero-order valence-electron chi connectivity index (χ0n) is 18.1. The van der Waals surface area contributed by atoms with E-state index < -0.39 is 6.10 Å². The Morgan fingerprint density at radius 3 is 2.85 bits per heavy atom. The molecule has 0 saturated carbocycles. The average Bonchev–Trinajstić information content (AvgIpc) is 3.20. The Hall–Kier alpha value is -3.80. The first-order valence-corrected chi connectivity index (χ1v) is 10.7. The molecule has 8 nitrogen and oxygen atoms in total. The van der Waals surface area contributed by atoms with Crippen molar-refractivity contribution in [2.24, 2.45) is 0 Å². The van der Waals surface area contributed by atoms with Crippen molar-refractivity contribution in [3.63, 3.8) is 0 Å². The lowest BCUT2D eigenvalue weighted by atomic mass is 9.95. The predicted molar refractivity (Wildman–Crippen MR) is 121 cm³/mol. The van der Waals surface area contributed by atoms with E-state index >= 15 is 0 Å². The van der Waals surface area contributed by atoms with Crippen molar-refractivity contribution >= 4 is 28.5 Å². The second-order valence-electron chi connectivity index (χ2n) is 8.39. The molecule has 1 atom stereocenters. The molecule has 5 rings (SSSR count). The summed E-state index contributed by atoms with van der Waals surface area (Å²) in [5.74, 6) is -0.391. The van der Waals surface area contributed by atoms with Gasteiger partial charge in [-0.1, -0.05) is 12.1 Å². The van der Waals surface area contributed by atoms with E-state index in [1.807, 2.05) is 24.0 Å². The molecular formula is C25H22N4O4. The fourth-order valence-corrected chi connectivity index (χ4v) is 4.55. The number of nitrogens with zero attached hydrogens (tertiary/aromatic N) is 4. The van der Waals surface area contributed by atoms with Gasteiger partial charge in [0, 0.05) is 30.6 Å². The Morgan fingerprint density at radius 2 is 2.06 bits per heavy atom. The van der Waals surface area contributed by atoms with Crippen LogP contribution >= 0.6 is 0 Å². The minimum Gasteiger partial charge on any atom is -0.457 e. The number of fused-ring (bicyclic) bond motifs is 2. The molecule has 1 N–H and O–H groups in total. The fourth-order valence-electron chi connectivity index (χ4n) is 4.55. The number of piperazine rings is 1. The number of hydrogen-bond acceptors (Lipinski definition) is 7. The van der Waals surface area contributed by atoms with E-state index in [9.17, 15) is 14.7 Å². The summed E-state index contributed by atoms with van der Waals surface area (Å²) in [6.07, 6.45) is 0.880. The number of benzene rings is 2. The molecule has 0 aliphatic carbocycles. The molecule has 1 aromatic heterocycles. The van der Waals surface area contributed by atoms with Crippen LogP contribution in [0.3, 0.4) is 0 Å². The average molecular weight is 442 g/mol. The summed E-state index contributed by atoms with van der Waals surface area (Å²) >= 11 is 0. The molecule has 0 spiro atoms. The van der Waals surface area contributed by atoms with E-state index in [0.717, 1.165) is 27.8 Å². The van der Waals surface area contributed by atoms with E-state index in [-0.39, 0.29) is 25.0 Å². The highest BCUT2D eigenvalue weighted by Crippen LogP contribution is 2.30. The number of anilines is 1. The number of aromatic nitrogens is 1. The number of esters is 1. The van der Waals surface area contributed by atoms with Crippen molar-refractivity contribution in [1.29, 1.82) is 5.26 Å². The highest BCUT2D eigenvalue weighted by molar-refractivity contribution is 5.97. The van der Waals surface area contributed by atoms with Gasteiger partial charge in [0.15, 0.2) is 0 Å². The maximum atomic E-state index is 12.9. The van der Waals surface area contributed by atoms with Gasteiger partial charge in [-0.2, -0.15) is 5.26 Å². The number of carbonyl (C=O) groups is 2. The first-order chi connectivity index (χ1) is 15.9. The summed E-state index contributed by atoms with van der Waals surface area (Å²) in [5.41, 5.74) is 4.96. The first-order valence-electron chi connectivity index (χ1n) is 10.7. The van der Waals surface area contributed by atoms with Crippen LogP contribution in [0.15, 0.2) is 42.6 Å². The number of β-amino-alcohol motifs (C(OH)–C–C–N with tert-alkyl or cyclic N) is 1. The van der Waals surface area contributed by atoms with E-state index in [2.05, 4.69) is 11.1 Å². The number of aliphatic hydroxyl groups is 1. The molecule has 3 heterocycles. The molecule has 0 bridgehead atoms. The van der Waals surface area contributed by atoms with Crippen LogP contribution in [0.4, 0.5) is 5.69 Å². The molecule has 166 valence electrons. The molecule has 33 heavy (non-hydrogen) atoms. The maximum Gasteiger partial charge on any atom is 0.338 e. The van der Waals surface area contributed by atoms with Crippen LogP contribution in [-0.4, -0.2) is 53.0 Å². The Kier molecular flexibility index (Phi) is 5.29. The van der Waals surface area contributed by atoms with Crippen molar-refractivity contribution < 1.29 is 19.4 Å². The predicted octanol–water partition coefficient (Wildman–Crippen LogP) is 2.47. The molecule has 3 aromatic rings. The van der Waals surface area contributed by atoms with Crippen LogP contribution in [0.25, 0.3) is 10.9 Å². The zero-order chi connectivity index (χ0) is 23.1. The van der Waals surface area contributed by atoms with Crippen molar-refractivity contribution in [2.45, 2.75) is 19.6 Å². The lowest BCUT2D eigenvalue weighted by molar-refractivity contribution is -0.121. The molecular weight excluding hydrogens is 420 g/mol. The SMILES string of the molecule is Cc1c([C@@H](O)CN2CCN(c3cnc4cc(C#N)ccc4c3)C(=O)C2)ccc2c1COC2=O.